The molecule has 82 valence electrons. The lowest BCUT2D eigenvalue weighted by Crippen LogP contribution is -2.21. The number of hydrogen-bond donors (Lipinski definition) is 2. The quantitative estimate of drug-likeness (QED) is 0.774. The maximum atomic E-state index is 12.3. The Morgan fingerprint density at radius 3 is 2.33 bits per heavy atom. The first-order chi connectivity index (χ1) is 6.82. The summed E-state index contributed by atoms with van der Waals surface area (Å²) in [4.78, 5) is 0. The molecule has 0 aliphatic rings. The molecule has 1 aromatic rings. The van der Waals surface area contributed by atoms with Crippen molar-refractivity contribution in [3.8, 4) is 5.75 Å². The largest absolute Gasteiger partial charge is 0.707 e. The molecule has 1 aromatic carbocycles. The molecule has 0 saturated heterocycles. The van der Waals surface area contributed by atoms with Gasteiger partial charge in [-0.05, 0) is 12.1 Å². The van der Waals surface area contributed by atoms with Crippen molar-refractivity contribution in [3.63, 3.8) is 0 Å². The maximum Gasteiger partial charge on any atom is 0.707 e. The van der Waals surface area contributed by atoms with Gasteiger partial charge in [0.15, 0.2) is 0 Å². The summed E-state index contributed by atoms with van der Waals surface area (Å²) in [5.74, 6) is -0.443. The maximum absolute atomic E-state index is 12.3. The standard InChI is InChI=1S/C7H5BClF3O3/c9-6-4(7(10,11)12)2-1-3-5(6)15-8(13)14/h1-3,13-14H. The van der Waals surface area contributed by atoms with E-state index in [2.05, 4.69) is 4.65 Å². The third kappa shape index (κ3) is 3.02. The summed E-state index contributed by atoms with van der Waals surface area (Å²) in [5.41, 5.74) is -1.10. The van der Waals surface area contributed by atoms with Gasteiger partial charge >= 0.3 is 13.5 Å². The first-order valence-electron chi connectivity index (χ1n) is 3.71. The predicted molar refractivity (Wildman–Crippen MR) is 47.3 cm³/mol. The van der Waals surface area contributed by atoms with Crippen LogP contribution in [0.5, 0.6) is 5.75 Å². The van der Waals surface area contributed by atoms with Crippen LogP contribution in [0.1, 0.15) is 5.56 Å². The molecule has 0 atom stereocenters. The molecule has 0 bridgehead atoms. The first kappa shape index (κ1) is 12.2. The number of benzene rings is 1. The second-order valence-corrected chi connectivity index (χ2v) is 2.94. The Morgan fingerprint density at radius 1 is 1.27 bits per heavy atom. The average Bonchev–Trinajstić information content (AvgIpc) is 2.05. The number of alkyl halides is 3. The van der Waals surface area contributed by atoms with E-state index in [0.717, 1.165) is 18.2 Å². The normalized spacial score (nSPS) is 11.3. The highest BCUT2D eigenvalue weighted by molar-refractivity contribution is 6.36. The molecule has 0 aromatic heterocycles. The molecule has 15 heavy (non-hydrogen) atoms. The van der Waals surface area contributed by atoms with Gasteiger partial charge in [-0.2, -0.15) is 13.2 Å². The van der Waals surface area contributed by atoms with E-state index in [1.54, 1.807) is 0 Å². The first-order valence-corrected chi connectivity index (χ1v) is 4.08. The Kier molecular flexibility index (Phi) is 3.48. The molecule has 8 heteroatoms. The molecule has 0 spiro atoms. The fourth-order valence-electron chi connectivity index (χ4n) is 0.934. The highest BCUT2D eigenvalue weighted by Gasteiger charge is 2.34. The van der Waals surface area contributed by atoms with E-state index in [9.17, 15) is 13.2 Å². The molecule has 0 fully saturated rings. The van der Waals surface area contributed by atoms with Gasteiger partial charge in [0.1, 0.15) is 5.75 Å². The molecular weight excluding hydrogens is 235 g/mol. The van der Waals surface area contributed by atoms with Crippen molar-refractivity contribution in [2.75, 3.05) is 0 Å². The zero-order valence-corrected chi connectivity index (χ0v) is 7.88. The van der Waals surface area contributed by atoms with Crippen molar-refractivity contribution in [2.24, 2.45) is 0 Å². The molecule has 0 amide bonds. The van der Waals surface area contributed by atoms with Crippen LogP contribution in [0.4, 0.5) is 13.2 Å². The second kappa shape index (κ2) is 4.30. The van der Waals surface area contributed by atoms with Gasteiger partial charge in [0.05, 0.1) is 10.6 Å². The number of rotatable bonds is 2. The van der Waals surface area contributed by atoms with E-state index in [0.29, 0.717) is 0 Å². The zero-order chi connectivity index (χ0) is 11.6. The second-order valence-electron chi connectivity index (χ2n) is 2.56. The molecule has 0 saturated carbocycles. The summed E-state index contributed by atoms with van der Waals surface area (Å²) in [6.45, 7) is 0. The molecule has 3 nitrogen and oxygen atoms in total. The predicted octanol–water partition coefficient (Wildman–Crippen LogP) is 1.71. The topological polar surface area (TPSA) is 49.7 Å². The minimum absolute atomic E-state index is 0.443. The third-order valence-corrected chi connectivity index (χ3v) is 1.89. The van der Waals surface area contributed by atoms with E-state index in [1.165, 1.54) is 0 Å². The van der Waals surface area contributed by atoms with Gasteiger partial charge < -0.3 is 14.7 Å². The van der Waals surface area contributed by atoms with Crippen molar-refractivity contribution in [1.82, 2.24) is 0 Å². The Balaban J connectivity index is 3.12. The Morgan fingerprint density at radius 2 is 1.87 bits per heavy atom. The Hall–Kier alpha value is -0.915. The van der Waals surface area contributed by atoms with Gasteiger partial charge in [-0.25, -0.2) is 0 Å². The van der Waals surface area contributed by atoms with Gasteiger partial charge in [-0.15, -0.1) is 0 Å². The van der Waals surface area contributed by atoms with E-state index >= 15 is 0 Å². The van der Waals surface area contributed by atoms with Crippen LogP contribution in [-0.2, 0) is 6.18 Å². The van der Waals surface area contributed by atoms with E-state index in [-0.39, 0.29) is 0 Å². The van der Waals surface area contributed by atoms with Crippen molar-refractivity contribution in [3.05, 3.63) is 28.8 Å². The summed E-state index contributed by atoms with van der Waals surface area (Å²) in [7, 11) is -2.22. The minimum Gasteiger partial charge on any atom is -0.511 e. The fraction of sp³-hybridized carbons (Fsp3) is 0.143. The zero-order valence-electron chi connectivity index (χ0n) is 7.12. The van der Waals surface area contributed by atoms with Crippen LogP contribution < -0.4 is 4.65 Å². The lowest BCUT2D eigenvalue weighted by Gasteiger charge is -2.12. The minimum atomic E-state index is -4.61. The summed E-state index contributed by atoms with van der Waals surface area (Å²) in [6.07, 6.45) is -4.61. The molecule has 0 aliphatic heterocycles. The van der Waals surface area contributed by atoms with E-state index in [1.807, 2.05) is 0 Å². The Labute approximate surface area is 88.2 Å². The van der Waals surface area contributed by atoms with Crippen LogP contribution in [0.25, 0.3) is 0 Å². The van der Waals surface area contributed by atoms with Gasteiger partial charge in [0, 0.05) is 0 Å². The third-order valence-electron chi connectivity index (χ3n) is 1.50. The summed E-state index contributed by atoms with van der Waals surface area (Å²) in [5, 5.41) is 16.1. The SMILES string of the molecule is OB(O)Oc1cccc(C(F)(F)F)c1Cl. The molecule has 2 N–H and O–H groups in total. The van der Waals surface area contributed by atoms with Gasteiger partial charge in [0.2, 0.25) is 0 Å². The summed E-state index contributed by atoms with van der Waals surface area (Å²) >= 11 is 5.37. The molecule has 0 heterocycles. The molecular formula is C7H5BClF3O3. The van der Waals surface area contributed by atoms with Crippen molar-refractivity contribution in [2.45, 2.75) is 6.18 Å². The van der Waals surface area contributed by atoms with Crippen LogP contribution >= 0.6 is 11.6 Å². The lowest BCUT2D eigenvalue weighted by molar-refractivity contribution is -0.137. The number of hydrogen-bond acceptors (Lipinski definition) is 3. The van der Waals surface area contributed by atoms with E-state index < -0.39 is 29.8 Å². The highest BCUT2D eigenvalue weighted by Crippen LogP contribution is 2.39. The molecule has 0 aliphatic carbocycles. The molecule has 0 radical (unpaired) electrons. The smallest absolute Gasteiger partial charge is 0.511 e. The van der Waals surface area contributed by atoms with Crippen LogP contribution in [-0.4, -0.2) is 17.4 Å². The average molecular weight is 240 g/mol. The highest BCUT2D eigenvalue weighted by atomic mass is 35.5. The summed E-state index contributed by atoms with van der Waals surface area (Å²) in [6, 6.07) is 2.91. The molecule has 1 rings (SSSR count). The Bertz CT molecular complexity index is 356. The monoisotopic (exact) mass is 240 g/mol. The van der Waals surface area contributed by atoms with E-state index in [4.69, 9.17) is 21.6 Å². The molecule has 0 unspecified atom stereocenters. The number of halogens is 4. The fourth-order valence-corrected chi connectivity index (χ4v) is 1.21. The van der Waals surface area contributed by atoms with Crippen molar-refractivity contribution >= 4 is 18.9 Å². The van der Waals surface area contributed by atoms with Crippen LogP contribution in [0.15, 0.2) is 18.2 Å². The van der Waals surface area contributed by atoms with Crippen LogP contribution in [0.2, 0.25) is 5.02 Å². The van der Waals surface area contributed by atoms with Gasteiger partial charge in [-0.1, -0.05) is 17.7 Å². The summed E-state index contributed by atoms with van der Waals surface area (Å²) < 4.78 is 41.2. The lowest BCUT2D eigenvalue weighted by atomic mass is 10.2. The van der Waals surface area contributed by atoms with Crippen molar-refractivity contribution in [1.29, 1.82) is 0 Å². The van der Waals surface area contributed by atoms with Gasteiger partial charge in [0.25, 0.3) is 0 Å². The van der Waals surface area contributed by atoms with Gasteiger partial charge in [-0.3, -0.25) is 0 Å². The van der Waals surface area contributed by atoms with Crippen molar-refractivity contribution < 1.29 is 27.9 Å². The van der Waals surface area contributed by atoms with Crippen LogP contribution in [0, 0.1) is 0 Å². The van der Waals surface area contributed by atoms with Crippen LogP contribution in [0.3, 0.4) is 0 Å².